The molecular weight excluding hydrogens is 226 g/mol. The first-order valence-electron chi connectivity index (χ1n) is 6.63. The Labute approximate surface area is 107 Å². The summed E-state index contributed by atoms with van der Waals surface area (Å²) in [7, 11) is 0. The highest BCUT2D eigenvalue weighted by atomic mass is 16.5. The summed E-state index contributed by atoms with van der Waals surface area (Å²) >= 11 is 0. The number of hydrogen-bond donors (Lipinski definition) is 1. The molecule has 3 aliphatic rings. The first-order valence-corrected chi connectivity index (χ1v) is 6.63. The van der Waals surface area contributed by atoms with Gasteiger partial charge in [-0.2, -0.15) is 0 Å². The quantitative estimate of drug-likeness (QED) is 0.714. The molecule has 0 radical (unpaired) electrons. The first kappa shape index (κ1) is 11.6. The Morgan fingerprint density at radius 1 is 1.22 bits per heavy atom. The third kappa shape index (κ3) is 1.89. The van der Waals surface area contributed by atoms with Crippen LogP contribution in [0.5, 0.6) is 0 Å². The van der Waals surface area contributed by atoms with Crippen molar-refractivity contribution in [2.24, 2.45) is 5.92 Å². The SMILES string of the molecule is O=C1C=C(C2C=CC=CC2)[NH+]([O-])C2=C1CCCC2. The Balaban J connectivity index is 1.91. The smallest absolute Gasteiger partial charge is 0.193 e. The van der Waals surface area contributed by atoms with Crippen LogP contribution in [0, 0.1) is 11.1 Å². The molecule has 2 aliphatic carbocycles. The molecule has 0 aromatic carbocycles. The third-order valence-electron chi connectivity index (χ3n) is 3.97. The number of rotatable bonds is 1. The Bertz CT molecular complexity index is 497. The van der Waals surface area contributed by atoms with Gasteiger partial charge in [0, 0.05) is 12.5 Å². The second-order valence-corrected chi connectivity index (χ2v) is 5.11. The van der Waals surface area contributed by atoms with E-state index in [-0.39, 0.29) is 16.8 Å². The van der Waals surface area contributed by atoms with Crippen LogP contribution in [0.3, 0.4) is 0 Å². The first-order chi connectivity index (χ1) is 8.77. The van der Waals surface area contributed by atoms with Crippen molar-refractivity contribution in [3.05, 3.63) is 52.6 Å². The molecule has 2 unspecified atom stereocenters. The lowest BCUT2D eigenvalue weighted by atomic mass is 9.87. The van der Waals surface area contributed by atoms with E-state index in [0.717, 1.165) is 43.4 Å². The van der Waals surface area contributed by atoms with Crippen molar-refractivity contribution >= 4 is 5.78 Å². The molecule has 1 aliphatic heterocycles. The van der Waals surface area contributed by atoms with Gasteiger partial charge in [-0.3, -0.25) is 4.79 Å². The van der Waals surface area contributed by atoms with Crippen LogP contribution in [-0.2, 0) is 4.79 Å². The Kier molecular flexibility index (Phi) is 3.02. The lowest BCUT2D eigenvalue weighted by Gasteiger charge is -2.35. The maximum absolute atomic E-state index is 12.5. The van der Waals surface area contributed by atoms with E-state index in [4.69, 9.17) is 0 Å². The highest BCUT2D eigenvalue weighted by Gasteiger charge is 2.32. The zero-order valence-corrected chi connectivity index (χ0v) is 10.3. The van der Waals surface area contributed by atoms with E-state index < -0.39 is 0 Å². The predicted octanol–water partition coefficient (Wildman–Crippen LogP) is 1.80. The van der Waals surface area contributed by atoms with E-state index in [9.17, 15) is 10.0 Å². The van der Waals surface area contributed by atoms with E-state index in [1.165, 1.54) is 0 Å². The maximum atomic E-state index is 12.5. The molecule has 0 spiro atoms. The van der Waals surface area contributed by atoms with Gasteiger partial charge in [0.05, 0.1) is 11.5 Å². The van der Waals surface area contributed by atoms with Gasteiger partial charge >= 0.3 is 0 Å². The number of allylic oxidation sites excluding steroid dienone is 7. The molecule has 0 saturated heterocycles. The lowest BCUT2D eigenvalue weighted by Crippen LogP contribution is -3.05. The van der Waals surface area contributed by atoms with Gasteiger partial charge in [0.2, 0.25) is 0 Å². The molecule has 1 heterocycles. The van der Waals surface area contributed by atoms with Gasteiger partial charge in [-0.15, -0.1) is 0 Å². The van der Waals surface area contributed by atoms with Crippen LogP contribution in [-0.4, -0.2) is 5.78 Å². The van der Waals surface area contributed by atoms with Gasteiger partial charge in [-0.1, -0.05) is 24.3 Å². The lowest BCUT2D eigenvalue weighted by molar-refractivity contribution is -0.769. The largest absolute Gasteiger partial charge is 0.624 e. The number of nitrogens with one attached hydrogen (secondary N) is 1. The topological polar surface area (TPSA) is 44.6 Å². The van der Waals surface area contributed by atoms with Crippen molar-refractivity contribution in [1.29, 1.82) is 0 Å². The van der Waals surface area contributed by atoms with Gasteiger partial charge in [0.1, 0.15) is 11.4 Å². The van der Waals surface area contributed by atoms with Gasteiger partial charge < -0.3 is 10.3 Å². The number of quaternary nitrogens is 1. The normalized spacial score (nSPS) is 31.4. The second-order valence-electron chi connectivity index (χ2n) is 5.11. The molecule has 1 N–H and O–H groups in total. The highest BCUT2D eigenvalue weighted by molar-refractivity contribution is 6.05. The molecule has 0 aromatic heterocycles. The van der Waals surface area contributed by atoms with Crippen LogP contribution in [0.25, 0.3) is 0 Å². The van der Waals surface area contributed by atoms with Crippen molar-refractivity contribution in [2.45, 2.75) is 32.1 Å². The van der Waals surface area contributed by atoms with Gasteiger partial charge in [0.25, 0.3) is 0 Å². The van der Waals surface area contributed by atoms with Crippen LogP contribution < -0.4 is 5.06 Å². The van der Waals surface area contributed by atoms with Crippen LogP contribution in [0.15, 0.2) is 47.3 Å². The fraction of sp³-hybridized carbons (Fsp3) is 0.400. The number of carbonyl (C=O) groups excluding carboxylic acids is 1. The second kappa shape index (κ2) is 4.67. The maximum Gasteiger partial charge on any atom is 0.193 e. The van der Waals surface area contributed by atoms with Crippen LogP contribution >= 0.6 is 0 Å². The van der Waals surface area contributed by atoms with E-state index >= 15 is 0 Å². The predicted molar refractivity (Wildman–Crippen MR) is 69.3 cm³/mol. The average Bonchev–Trinajstić information content (AvgIpc) is 2.44. The summed E-state index contributed by atoms with van der Waals surface area (Å²) in [5.74, 6) is 0.157. The van der Waals surface area contributed by atoms with Gasteiger partial charge in [-0.05, 0) is 25.7 Å². The zero-order valence-electron chi connectivity index (χ0n) is 10.3. The summed E-state index contributed by atoms with van der Waals surface area (Å²) in [5.41, 5.74) is 2.28. The average molecular weight is 243 g/mol. The Morgan fingerprint density at radius 3 is 2.83 bits per heavy atom. The summed E-state index contributed by atoms with van der Waals surface area (Å²) in [5, 5.41) is 12.6. The van der Waals surface area contributed by atoms with Gasteiger partial charge in [0.15, 0.2) is 5.78 Å². The van der Waals surface area contributed by atoms with Crippen LogP contribution in [0.4, 0.5) is 0 Å². The molecule has 0 aromatic rings. The molecule has 3 rings (SSSR count). The number of hydroxylamine groups is 2. The summed E-state index contributed by atoms with van der Waals surface area (Å²) in [4.78, 5) is 12.1. The molecule has 0 amide bonds. The minimum Gasteiger partial charge on any atom is -0.624 e. The van der Waals surface area contributed by atoms with E-state index in [2.05, 4.69) is 0 Å². The van der Waals surface area contributed by atoms with Crippen molar-refractivity contribution in [3.8, 4) is 0 Å². The molecule has 3 nitrogen and oxygen atoms in total. The fourth-order valence-electron chi connectivity index (χ4n) is 2.98. The third-order valence-corrected chi connectivity index (χ3v) is 3.97. The molecule has 0 bridgehead atoms. The van der Waals surface area contributed by atoms with Crippen LogP contribution in [0.1, 0.15) is 32.1 Å². The molecule has 3 heteroatoms. The number of carbonyl (C=O) groups is 1. The molecular formula is C15H17NO2. The molecule has 18 heavy (non-hydrogen) atoms. The Morgan fingerprint density at radius 2 is 2.06 bits per heavy atom. The fourth-order valence-corrected chi connectivity index (χ4v) is 2.98. The number of hydrogen-bond acceptors (Lipinski definition) is 2. The number of ketones is 1. The molecule has 0 saturated carbocycles. The summed E-state index contributed by atoms with van der Waals surface area (Å²) in [6, 6.07) is 0. The molecule has 0 fully saturated rings. The molecule has 94 valence electrons. The zero-order chi connectivity index (χ0) is 12.5. The van der Waals surface area contributed by atoms with E-state index in [0.29, 0.717) is 5.70 Å². The van der Waals surface area contributed by atoms with E-state index in [1.54, 1.807) is 6.08 Å². The Hall–Kier alpha value is -1.45. The van der Waals surface area contributed by atoms with Crippen molar-refractivity contribution < 1.29 is 9.86 Å². The van der Waals surface area contributed by atoms with Crippen molar-refractivity contribution in [3.63, 3.8) is 0 Å². The van der Waals surface area contributed by atoms with Crippen LogP contribution in [0.2, 0.25) is 0 Å². The summed E-state index contributed by atoms with van der Waals surface area (Å²) in [6.07, 6.45) is 14.0. The highest BCUT2D eigenvalue weighted by Crippen LogP contribution is 2.28. The summed E-state index contributed by atoms with van der Waals surface area (Å²) in [6.45, 7) is 0. The minimum atomic E-state index is 0.0715. The van der Waals surface area contributed by atoms with E-state index in [1.807, 2.05) is 24.3 Å². The summed E-state index contributed by atoms with van der Waals surface area (Å²) < 4.78 is 0. The monoisotopic (exact) mass is 243 g/mol. The van der Waals surface area contributed by atoms with Gasteiger partial charge in [-0.25, -0.2) is 0 Å². The standard InChI is InChI=1S/C15H17NO2/c17-15-10-14(11-6-2-1-3-7-11)16(18)13-9-5-4-8-12(13)15/h1-3,6,10-11,16H,4-5,7-9H2. The van der Waals surface area contributed by atoms with Crippen molar-refractivity contribution in [1.82, 2.24) is 0 Å². The molecule has 2 atom stereocenters. The minimum absolute atomic E-state index is 0.0715. The van der Waals surface area contributed by atoms with Crippen molar-refractivity contribution in [2.75, 3.05) is 0 Å².